The molecule has 0 radical (unpaired) electrons. The Hall–Kier alpha value is -5.19. The van der Waals surface area contributed by atoms with E-state index < -0.39 is 6.04 Å². The number of nitrogens with one attached hydrogen (secondary N) is 2. The molecular formula is C42H51N5O5. The number of fused-ring (bicyclic) bond motifs is 1. The highest BCUT2D eigenvalue weighted by atomic mass is 16.5. The highest BCUT2D eigenvalue weighted by Crippen LogP contribution is 2.31. The van der Waals surface area contributed by atoms with Gasteiger partial charge in [-0.3, -0.25) is 19.3 Å². The summed E-state index contributed by atoms with van der Waals surface area (Å²) in [4.78, 5) is 43.0. The first kappa shape index (κ1) is 38.1. The number of amides is 3. The van der Waals surface area contributed by atoms with Crippen LogP contribution in [-0.2, 0) is 16.1 Å². The summed E-state index contributed by atoms with van der Waals surface area (Å²) in [6.45, 7) is 5.50. The minimum Gasteiger partial charge on any atom is -0.488 e. The number of carbonyl (C=O) groups excluding carboxylic acids is 3. The standard InChI is InChI=1S/C42H51N5O5/c1-29-25-47(30(2)28-48)42(51)35-24-34(44-40(49)16-8-5-9-17-41(50)45-37-15-11-10-14-36(37)43)22-23-38(35)52-39(29)27-46(3)26-31-18-20-33(21-19-31)32-12-6-4-7-13-32/h4,6-7,10-15,18-24,29-30,39,48H,5,8-9,16-17,25-28,43H2,1-3H3,(H,44,49)(H,45,50)/t29-,30-,39-/m0/s1. The fourth-order valence-electron chi connectivity index (χ4n) is 6.43. The van der Waals surface area contributed by atoms with Crippen LogP contribution < -0.4 is 21.1 Å². The summed E-state index contributed by atoms with van der Waals surface area (Å²) in [5, 5.41) is 15.8. The molecule has 0 unspecified atom stereocenters. The van der Waals surface area contributed by atoms with Crippen LogP contribution >= 0.6 is 0 Å². The third kappa shape index (κ3) is 10.4. The normalized spacial score (nSPS) is 16.3. The number of nitrogen functional groups attached to an aromatic ring is 1. The molecule has 0 saturated heterocycles. The summed E-state index contributed by atoms with van der Waals surface area (Å²) in [6, 6.07) is 30.8. The Morgan fingerprint density at radius 2 is 1.56 bits per heavy atom. The lowest BCUT2D eigenvalue weighted by atomic mass is 9.99. The zero-order chi connectivity index (χ0) is 37.0. The van der Waals surface area contributed by atoms with E-state index in [0.717, 1.165) is 6.54 Å². The van der Waals surface area contributed by atoms with E-state index in [2.05, 4.69) is 65.9 Å². The smallest absolute Gasteiger partial charge is 0.258 e. The van der Waals surface area contributed by atoms with Gasteiger partial charge in [0, 0.05) is 44.1 Å². The lowest BCUT2D eigenvalue weighted by Crippen LogP contribution is -2.49. The van der Waals surface area contributed by atoms with E-state index in [4.69, 9.17) is 10.5 Å². The van der Waals surface area contributed by atoms with Gasteiger partial charge in [0.1, 0.15) is 11.9 Å². The van der Waals surface area contributed by atoms with Crippen LogP contribution in [-0.4, -0.2) is 71.5 Å². The highest BCUT2D eigenvalue weighted by molar-refractivity contribution is 6.00. The minimum atomic E-state index is -0.396. The van der Waals surface area contributed by atoms with Crippen molar-refractivity contribution in [1.29, 1.82) is 0 Å². The average Bonchev–Trinajstić information content (AvgIpc) is 3.14. The molecule has 0 fully saturated rings. The van der Waals surface area contributed by atoms with Gasteiger partial charge < -0.3 is 31.1 Å². The van der Waals surface area contributed by atoms with Crippen molar-refractivity contribution in [1.82, 2.24) is 9.80 Å². The maximum atomic E-state index is 13.9. The average molecular weight is 706 g/mol. The second-order valence-electron chi connectivity index (χ2n) is 13.8. The molecule has 10 heteroatoms. The maximum absolute atomic E-state index is 13.9. The molecule has 1 aliphatic heterocycles. The first-order valence-electron chi connectivity index (χ1n) is 18.1. The maximum Gasteiger partial charge on any atom is 0.258 e. The van der Waals surface area contributed by atoms with E-state index in [-0.39, 0.29) is 42.8 Å². The number of rotatable bonds is 15. The van der Waals surface area contributed by atoms with Crippen LogP contribution in [0.2, 0.25) is 0 Å². The Bertz CT molecular complexity index is 1800. The first-order valence-corrected chi connectivity index (χ1v) is 18.1. The van der Waals surface area contributed by atoms with Gasteiger partial charge in [-0.25, -0.2) is 0 Å². The summed E-state index contributed by atoms with van der Waals surface area (Å²) in [7, 11) is 2.06. The van der Waals surface area contributed by atoms with E-state index in [1.807, 2.05) is 37.3 Å². The van der Waals surface area contributed by atoms with Crippen molar-refractivity contribution in [2.45, 2.75) is 64.6 Å². The van der Waals surface area contributed by atoms with Gasteiger partial charge in [0.05, 0.1) is 29.6 Å². The molecule has 1 aliphatic rings. The van der Waals surface area contributed by atoms with Crippen molar-refractivity contribution < 1.29 is 24.2 Å². The molecule has 0 aromatic heterocycles. The molecule has 5 N–H and O–H groups in total. The van der Waals surface area contributed by atoms with Crippen molar-refractivity contribution >= 4 is 34.8 Å². The number of aliphatic hydroxyl groups excluding tert-OH is 1. The number of anilines is 3. The fraction of sp³-hybridized carbons (Fsp3) is 0.357. The molecule has 3 amide bonds. The van der Waals surface area contributed by atoms with Gasteiger partial charge in [0.25, 0.3) is 5.91 Å². The molecule has 3 atom stereocenters. The molecule has 1 heterocycles. The number of nitrogens with two attached hydrogens (primary N) is 1. The lowest BCUT2D eigenvalue weighted by Gasteiger charge is -2.38. The molecule has 10 nitrogen and oxygen atoms in total. The van der Waals surface area contributed by atoms with Gasteiger partial charge >= 0.3 is 0 Å². The second-order valence-corrected chi connectivity index (χ2v) is 13.8. The van der Waals surface area contributed by atoms with Crippen molar-refractivity contribution in [3.05, 3.63) is 108 Å². The van der Waals surface area contributed by atoms with Crippen LogP contribution in [0.4, 0.5) is 17.1 Å². The summed E-state index contributed by atoms with van der Waals surface area (Å²) in [5.74, 6) is -0.107. The highest BCUT2D eigenvalue weighted by Gasteiger charge is 2.33. The van der Waals surface area contributed by atoms with Gasteiger partial charge in [0.15, 0.2) is 0 Å². The molecule has 0 spiro atoms. The van der Waals surface area contributed by atoms with Gasteiger partial charge in [-0.15, -0.1) is 0 Å². The summed E-state index contributed by atoms with van der Waals surface area (Å²) in [6.07, 6.45) is 2.35. The Kier molecular flexibility index (Phi) is 13.4. The number of para-hydroxylation sites is 2. The SMILES string of the molecule is C[C@H]1CN([C@@H](C)CO)C(=O)c2cc(NC(=O)CCCCCC(=O)Nc3ccccc3N)ccc2O[C@H]1CN(C)Cc1ccc(-c2ccccc2)cc1. The molecule has 0 bridgehead atoms. The predicted molar refractivity (Wildman–Crippen MR) is 207 cm³/mol. The van der Waals surface area contributed by atoms with Crippen LogP contribution in [0.5, 0.6) is 5.75 Å². The molecule has 4 aromatic carbocycles. The third-order valence-electron chi connectivity index (χ3n) is 9.50. The monoisotopic (exact) mass is 705 g/mol. The zero-order valence-corrected chi connectivity index (χ0v) is 30.4. The van der Waals surface area contributed by atoms with E-state index in [1.165, 1.54) is 16.7 Å². The molecule has 5 rings (SSSR count). The molecule has 0 saturated carbocycles. The number of carbonyl (C=O) groups is 3. The Balaban J connectivity index is 1.18. The predicted octanol–water partition coefficient (Wildman–Crippen LogP) is 6.82. The first-order chi connectivity index (χ1) is 25.1. The van der Waals surface area contributed by atoms with Crippen LogP contribution in [0, 0.1) is 5.92 Å². The third-order valence-corrected chi connectivity index (χ3v) is 9.50. The van der Waals surface area contributed by atoms with Gasteiger partial charge in [0.2, 0.25) is 11.8 Å². The number of likely N-dealkylation sites (N-methyl/N-ethyl adjacent to an activating group) is 1. The van der Waals surface area contributed by atoms with Crippen LogP contribution in [0.15, 0.2) is 97.1 Å². The van der Waals surface area contributed by atoms with E-state index >= 15 is 0 Å². The number of benzene rings is 4. The molecule has 274 valence electrons. The van der Waals surface area contributed by atoms with Crippen molar-refractivity contribution in [2.75, 3.05) is 43.1 Å². The van der Waals surface area contributed by atoms with Crippen LogP contribution in [0.25, 0.3) is 11.1 Å². The number of hydrogen-bond donors (Lipinski definition) is 4. The number of unbranched alkanes of at least 4 members (excludes halogenated alkanes) is 2. The largest absolute Gasteiger partial charge is 0.488 e. The Labute approximate surface area is 307 Å². The number of aliphatic hydroxyl groups is 1. The topological polar surface area (TPSA) is 137 Å². The molecule has 4 aromatic rings. The Morgan fingerprint density at radius 3 is 2.25 bits per heavy atom. The summed E-state index contributed by atoms with van der Waals surface area (Å²) < 4.78 is 6.58. The molecule has 52 heavy (non-hydrogen) atoms. The fourth-order valence-corrected chi connectivity index (χ4v) is 6.43. The minimum absolute atomic E-state index is 0.0177. The summed E-state index contributed by atoms with van der Waals surface area (Å²) >= 11 is 0. The number of ether oxygens (including phenoxy) is 1. The van der Waals surface area contributed by atoms with E-state index in [9.17, 15) is 19.5 Å². The molecule has 0 aliphatic carbocycles. The quantitative estimate of drug-likeness (QED) is 0.0788. The summed E-state index contributed by atoms with van der Waals surface area (Å²) in [5.41, 5.74) is 11.4. The molecular weight excluding hydrogens is 654 g/mol. The van der Waals surface area contributed by atoms with E-state index in [1.54, 1.807) is 35.2 Å². The second kappa shape index (κ2) is 18.3. The van der Waals surface area contributed by atoms with Crippen LogP contribution in [0.1, 0.15) is 61.9 Å². The van der Waals surface area contributed by atoms with Crippen molar-refractivity contribution in [3.63, 3.8) is 0 Å². The van der Waals surface area contributed by atoms with Crippen LogP contribution in [0.3, 0.4) is 0 Å². The zero-order valence-electron chi connectivity index (χ0n) is 30.4. The van der Waals surface area contributed by atoms with Gasteiger partial charge in [-0.2, -0.15) is 0 Å². The van der Waals surface area contributed by atoms with E-state index in [0.29, 0.717) is 67.1 Å². The lowest BCUT2D eigenvalue weighted by molar-refractivity contribution is -0.116. The number of nitrogens with zero attached hydrogens (tertiary/aromatic N) is 2. The number of hydrogen-bond acceptors (Lipinski definition) is 7. The van der Waals surface area contributed by atoms with Crippen molar-refractivity contribution in [3.8, 4) is 16.9 Å². The Morgan fingerprint density at radius 1 is 0.904 bits per heavy atom. The van der Waals surface area contributed by atoms with Crippen molar-refractivity contribution in [2.24, 2.45) is 5.92 Å². The van der Waals surface area contributed by atoms with Gasteiger partial charge in [-0.1, -0.05) is 80.1 Å². The van der Waals surface area contributed by atoms with Gasteiger partial charge in [-0.05, 0) is 73.8 Å².